The van der Waals surface area contributed by atoms with Gasteiger partial charge in [-0.15, -0.1) is 0 Å². The number of nitrogens with one attached hydrogen (secondary N) is 2. The molecule has 0 fully saturated rings. The number of halogens is 1. The maximum atomic E-state index is 11.7. The largest absolute Gasteiger partial charge is 0.367 e. The average molecular weight is 277 g/mol. The van der Waals surface area contributed by atoms with Gasteiger partial charge in [0.25, 0.3) is 0 Å². The number of hydrogen-bond donors (Lipinski definition) is 2. The van der Waals surface area contributed by atoms with Gasteiger partial charge in [0.2, 0.25) is 10.0 Å². The lowest BCUT2D eigenvalue weighted by Crippen LogP contribution is -2.45. The van der Waals surface area contributed by atoms with Gasteiger partial charge in [-0.2, -0.15) is 4.72 Å². The summed E-state index contributed by atoms with van der Waals surface area (Å²) in [7, 11) is -3.35. The molecule has 0 aliphatic carbocycles. The molecule has 6 heteroatoms. The highest BCUT2D eigenvalue weighted by atomic mass is 79.9. The zero-order chi connectivity index (χ0) is 10.2. The van der Waals surface area contributed by atoms with E-state index in [1.54, 1.807) is 24.3 Å². The van der Waals surface area contributed by atoms with Gasteiger partial charge in [-0.05, 0) is 12.1 Å². The molecule has 1 aromatic rings. The lowest BCUT2D eigenvalue weighted by molar-refractivity contribution is 0.567. The number of para-hydroxylation sites is 1. The van der Waals surface area contributed by atoms with Gasteiger partial charge in [-0.3, -0.25) is 0 Å². The topological polar surface area (TPSA) is 58.2 Å². The first kappa shape index (κ1) is 9.95. The van der Waals surface area contributed by atoms with Crippen molar-refractivity contribution in [1.82, 2.24) is 4.72 Å². The predicted molar refractivity (Wildman–Crippen MR) is 58.0 cm³/mol. The Morgan fingerprint density at radius 3 is 2.79 bits per heavy atom. The molecule has 1 aliphatic heterocycles. The third kappa shape index (κ3) is 1.65. The molecule has 1 unspecified atom stereocenters. The average Bonchev–Trinajstić information content (AvgIpc) is 2.17. The van der Waals surface area contributed by atoms with Crippen LogP contribution >= 0.6 is 15.9 Å². The summed E-state index contributed by atoms with van der Waals surface area (Å²) in [6.07, 6.45) is -0.283. The van der Waals surface area contributed by atoms with E-state index in [0.717, 1.165) is 0 Å². The fraction of sp³-hybridized carbons (Fsp3) is 0.250. The van der Waals surface area contributed by atoms with E-state index < -0.39 is 10.0 Å². The molecule has 0 spiro atoms. The molecule has 0 bridgehead atoms. The lowest BCUT2D eigenvalue weighted by Gasteiger charge is -2.26. The molecule has 2 N–H and O–H groups in total. The van der Waals surface area contributed by atoms with Crippen LogP contribution < -0.4 is 10.0 Å². The van der Waals surface area contributed by atoms with E-state index in [2.05, 4.69) is 26.0 Å². The number of benzene rings is 1. The van der Waals surface area contributed by atoms with Gasteiger partial charge in [0, 0.05) is 5.33 Å². The van der Waals surface area contributed by atoms with Crippen molar-refractivity contribution in [3.8, 4) is 0 Å². The summed E-state index contributed by atoms with van der Waals surface area (Å²) in [6, 6.07) is 6.84. The molecule has 0 saturated carbocycles. The molecule has 0 aromatic heterocycles. The van der Waals surface area contributed by atoms with Crippen molar-refractivity contribution in [3.63, 3.8) is 0 Å². The standard InChI is InChI=1S/C8H9BrN2O2S/c9-5-8-10-6-3-1-2-4-7(6)14(12,13)11-8/h1-4,8,10-11H,5H2. The van der Waals surface area contributed by atoms with E-state index >= 15 is 0 Å². The minimum absolute atomic E-state index is 0.283. The van der Waals surface area contributed by atoms with Crippen molar-refractivity contribution in [1.29, 1.82) is 0 Å². The Labute approximate surface area is 90.9 Å². The molecule has 1 heterocycles. The molecule has 0 saturated heterocycles. The molecule has 1 atom stereocenters. The van der Waals surface area contributed by atoms with Gasteiger partial charge in [0.15, 0.2) is 0 Å². The molecule has 2 rings (SSSR count). The number of anilines is 1. The first-order chi connectivity index (χ1) is 6.63. The van der Waals surface area contributed by atoms with Crippen LogP contribution in [0.15, 0.2) is 29.2 Å². The summed E-state index contributed by atoms with van der Waals surface area (Å²) in [6.45, 7) is 0. The SMILES string of the molecule is O=S1(=O)NC(CBr)Nc2ccccc21. The fourth-order valence-electron chi connectivity index (χ4n) is 1.36. The molecule has 0 amide bonds. The molecule has 76 valence electrons. The summed E-state index contributed by atoms with van der Waals surface area (Å²) < 4.78 is 25.9. The highest BCUT2D eigenvalue weighted by Crippen LogP contribution is 2.25. The van der Waals surface area contributed by atoms with E-state index in [-0.39, 0.29) is 6.17 Å². The van der Waals surface area contributed by atoms with Gasteiger partial charge in [-0.25, -0.2) is 8.42 Å². The summed E-state index contributed by atoms with van der Waals surface area (Å²) >= 11 is 3.22. The van der Waals surface area contributed by atoms with Gasteiger partial charge in [0.05, 0.1) is 5.69 Å². The lowest BCUT2D eigenvalue weighted by atomic mass is 10.3. The smallest absolute Gasteiger partial charge is 0.244 e. The van der Waals surface area contributed by atoms with Crippen molar-refractivity contribution < 1.29 is 8.42 Å². The zero-order valence-corrected chi connectivity index (χ0v) is 9.60. The van der Waals surface area contributed by atoms with Crippen LogP contribution in [0.1, 0.15) is 0 Å². The van der Waals surface area contributed by atoms with Gasteiger partial charge < -0.3 is 5.32 Å². The minimum atomic E-state index is -3.35. The quantitative estimate of drug-likeness (QED) is 0.756. The van der Waals surface area contributed by atoms with Crippen molar-refractivity contribution in [3.05, 3.63) is 24.3 Å². The van der Waals surface area contributed by atoms with Crippen LogP contribution in [-0.2, 0) is 10.0 Å². The number of hydrogen-bond acceptors (Lipinski definition) is 3. The number of rotatable bonds is 1. The van der Waals surface area contributed by atoms with Crippen molar-refractivity contribution in [2.75, 3.05) is 10.6 Å². The van der Waals surface area contributed by atoms with Crippen LogP contribution in [0.4, 0.5) is 5.69 Å². The van der Waals surface area contributed by atoms with E-state index in [1.165, 1.54) is 0 Å². The summed E-state index contributed by atoms with van der Waals surface area (Å²) in [4.78, 5) is 0.303. The molecule has 0 radical (unpaired) electrons. The Bertz CT molecular complexity index is 446. The second-order valence-electron chi connectivity index (χ2n) is 2.97. The first-order valence-electron chi connectivity index (χ1n) is 4.07. The Balaban J connectivity index is 2.53. The highest BCUT2D eigenvalue weighted by molar-refractivity contribution is 9.09. The summed E-state index contributed by atoms with van der Waals surface area (Å²) in [5.74, 6) is 0. The van der Waals surface area contributed by atoms with Gasteiger partial charge in [-0.1, -0.05) is 28.1 Å². The molecular formula is C8H9BrN2O2S. The molecule has 14 heavy (non-hydrogen) atoms. The van der Waals surface area contributed by atoms with E-state index in [0.29, 0.717) is 15.9 Å². The van der Waals surface area contributed by atoms with E-state index in [1.807, 2.05) is 0 Å². The fourth-order valence-corrected chi connectivity index (χ4v) is 3.21. The Morgan fingerprint density at radius 2 is 2.07 bits per heavy atom. The summed E-state index contributed by atoms with van der Waals surface area (Å²) in [5, 5.41) is 3.59. The Morgan fingerprint density at radius 1 is 1.36 bits per heavy atom. The Hall–Kier alpha value is -0.590. The van der Waals surface area contributed by atoms with Crippen LogP contribution in [0.5, 0.6) is 0 Å². The van der Waals surface area contributed by atoms with Crippen molar-refractivity contribution in [2.45, 2.75) is 11.1 Å². The molecule has 1 aliphatic rings. The van der Waals surface area contributed by atoms with Crippen LogP contribution in [0.25, 0.3) is 0 Å². The highest BCUT2D eigenvalue weighted by Gasteiger charge is 2.27. The molecule has 1 aromatic carbocycles. The maximum absolute atomic E-state index is 11.7. The maximum Gasteiger partial charge on any atom is 0.244 e. The number of fused-ring (bicyclic) bond motifs is 1. The third-order valence-corrected chi connectivity index (χ3v) is 4.14. The van der Waals surface area contributed by atoms with Crippen LogP contribution in [0.2, 0.25) is 0 Å². The van der Waals surface area contributed by atoms with Gasteiger partial charge >= 0.3 is 0 Å². The Kier molecular flexibility index (Phi) is 2.50. The molecular weight excluding hydrogens is 268 g/mol. The number of sulfonamides is 1. The normalized spacial score (nSPS) is 23.6. The monoisotopic (exact) mass is 276 g/mol. The molecule has 4 nitrogen and oxygen atoms in total. The number of alkyl halides is 1. The minimum Gasteiger partial charge on any atom is -0.367 e. The van der Waals surface area contributed by atoms with Crippen molar-refractivity contribution >= 4 is 31.6 Å². The van der Waals surface area contributed by atoms with Crippen LogP contribution in [0, 0.1) is 0 Å². The summed E-state index contributed by atoms with van der Waals surface area (Å²) in [5.41, 5.74) is 0.649. The van der Waals surface area contributed by atoms with Crippen LogP contribution in [-0.4, -0.2) is 19.9 Å². The zero-order valence-electron chi connectivity index (χ0n) is 7.20. The van der Waals surface area contributed by atoms with Gasteiger partial charge in [0.1, 0.15) is 11.1 Å². The van der Waals surface area contributed by atoms with Crippen LogP contribution in [0.3, 0.4) is 0 Å². The van der Waals surface area contributed by atoms with Crippen molar-refractivity contribution in [2.24, 2.45) is 0 Å². The van der Waals surface area contributed by atoms with E-state index in [9.17, 15) is 8.42 Å². The second kappa shape index (κ2) is 3.52. The predicted octanol–water partition coefficient (Wildman–Crippen LogP) is 1.11. The van der Waals surface area contributed by atoms with E-state index in [4.69, 9.17) is 0 Å². The second-order valence-corrected chi connectivity index (χ2v) is 5.30. The third-order valence-electron chi connectivity index (χ3n) is 1.96. The first-order valence-corrected chi connectivity index (χ1v) is 6.68.